The van der Waals surface area contributed by atoms with E-state index in [0.717, 1.165) is 29.0 Å². The number of pyridine rings is 1. The molecule has 1 fully saturated rings. The topological polar surface area (TPSA) is 118 Å². The molecule has 2 aromatic carbocycles. The number of nitrogens with zero attached hydrogens (tertiary/aromatic N) is 2. The minimum absolute atomic E-state index is 0.0485. The van der Waals surface area contributed by atoms with Crippen molar-refractivity contribution in [1.29, 1.82) is 0 Å². The third kappa shape index (κ3) is 8.07. The molecule has 0 saturated carbocycles. The van der Waals surface area contributed by atoms with Crippen molar-refractivity contribution in [3.8, 4) is 11.1 Å². The van der Waals surface area contributed by atoms with Crippen molar-refractivity contribution in [1.82, 2.24) is 14.6 Å². The molecule has 0 bridgehead atoms. The quantitative estimate of drug-likeness (QED) is 0.224. The average molecular weight is 659 g/mol. The van der Waals surface area contributed by atoms with Crippen molar-refractivity contribution >= 4 is 39.0 Å². The highest BCUT2D eigenvalue weighted by atomic mass is 32.2. The van der Waals surface area contributed by atoms with E-state index in [1.54, 1.807) is 48.0 Å². The van der Waals surface area contributed by atoms with Crippen LogP contribution in [0.1, 0.15) is 39.3 Å². The number of ether oxygens (including phenoxy) is 1. The molecule has 0 unspecified atom stereocenters. The van der Waals surface area contributed by atoms with E-state index in [-0.39, 0.29) is 28.2 Å². The Morgan fingerprint density at radius 1 is 1.04 bits per heavy atom. The van der Waals surface area contributed by atoms with Gasteiger partial charge >= 0.3 is 12.2 Å². The van der Waals surface area contributed by atoms with Gasteiger partial charge < -0.3 is 15.0 Å². The summed E-state index contributed by atoms with van der Waals surface area (Å²) in [5.41, 5.74) is 1.63. The van der Waals surface area contributed by atoms with Crippen LogP contribution >= 0.6 is 11.3 Å². The number of carbonyl (C=O) groups is 2. The summed E-state index contributed by atoms with van der Waals surface area (Å²) >= 11 is 1.14. The summed E-state index contributed by atoms with van der Waals surface area (Å²) in [6, 6.07) is 15.5. The van der Waals surface area contributed by atoms with E-state index >= 15 is 0 Å². The fourth-order valence-electron chi connectivity index (χ4n) is 4.81. The second-order valence-corrected chi connectivity index (χ2v) is 13.1. The number of benzene rings is 2. The lowest BCUT2D eigenvalue weighted by Gasteiger charge is -2.32. The van der Waals surface area contributed by atoms with Gasteiger partial charge in [-0.05, 0) is 61.5 Å². The summed E-state index contributed by atoms with van der Waals surface area (Å²) < 4.78 is 73.4. The minimum Gasteiger partial charge on any atom is -0.372 e. The molecule has 236 valence electrons. The Hall–Kier alpha value is -4.27. The Labute approximate surface area is 262 Å². The maximum atomic E-state index is 13.2. The molecule has 2 aromatic heterocycles. The number of halogens is 3. The first kappa shape index (κ1) is 32.1. The van der Waals surface area contributed by atoms with Crippen LogP contribution in [0.5, 0.6) is 0 Å². The minimum atomic E-state index is -4.50. The highest BCUT2D eigenvalue weighted by Crippen LogP contribution is 2.31. The second kappa shape index (κ2) is 13.4. The van der Waals surface area contributed by atoms with E-state index in [2.05, 4.69) is 15.0 Å². The lowest BCUT2D eigenvalue weighted by Crippen LogP contribution is -2.43. The maximum absolute atomic E-state index is 13.2. The van der Waals surface area contributed by atoms with Crippen LogP contribution in [-0.4, -0.2) is 49.4 Å². The molecule has 1 aliphatic rings. The number of thiophene rings is 1. The van der Waals surface area contributed by atoms with Crippen LogP contribution in [0.4, 0.5) is 23.7 Å². The van der Waals surface area contributed by atoms with Crippen LogP contribution in [-0.2, 0) is 27.5 Å². The third-order valence-corrected chi connectivity index (χ3v) is 9.43. The summed E-state index contributed by atoms with van der Waals surface area (Å²) in [7, 11) is -4.18. The van der Waals surface area contributed by atoms with Crippen molar-refractivity contribution in [2.75, 3.05) is 18.4 Å². The molecule has 14 heteroatoms. The number of urea groups is 1. The van der Waals surface area contributed by atoms with Crippen LogP contribution < -0.4 is 10.0 Å². The van der Waals surface area contributed by atoms with Crippen LogP contribution in [0.2, 0.25) is 0 Å². The van der Waals surface area contributed by atoms with Crippen LogP contribution in [0, 0.1) is 6.92 Å². The van der Waals surface area contributed by atoms with Gasteiger partial charge in [-0.1, -0.05) is 35.9 Å². The Morgan fingerprint density at radius 3 is 2.49 bits per heavy atom. The van der Waals surface area contributed by atoms with Gasteiger partial charge in [-0.15, -0.1) is 11.3 Å². The molecule has 4 aromatic rings. The standard InChI is InChI=1S/C31H29F3N4O5S2/c1-20-7-10-28(45(41,42)37-29(39)27-6-3-15-44-27)26(16-20)21-8-9-24(35-18-21)19-43-25-11-13-38(14-12-25)30(40)36-23-5-2-4-22(17-23)31(32,33)34/h2-10,15-18,25H,11-14,19H2,1H3,(H,36,40)(H,37,39). The third-order valence-electron chi connectivity index (χ3n) is 7.17. The summed E-state index contributed by atoms with van der Waals surface area (Å²) in [5.74, 6) is -0.704. The molecule has 1 saturated heterocycles. The van der Waals surface area contributed by atoms with Crippen molar-refractivity contribution in [3.05, 3.63) is 100 Å². The fraction of sp³-hybridized carbons (Fsp3) is 0.258. The molecule has 0 atom stereocenters. The monoisotopic (exact) mass is 658 g/mol. The van der Waals surface area contributed by atoms with Crippen molar-refractivity contribution in [2.45, 2.75) is 43.5 Å². The highest BCUT2D eigenvalue weighted by molar-refractivity contribution is 7.90. The van der Waals surface area contributed by atoms with E-state index in [9.17, 15) is 31.2 Å². The summed E-state index contributed by atoms with van der Waals surface area (Å²) in [6.45, 7) is 2.77. The molecule has 3 heterocycles. The lowest BCUT2D eigenvalue weighted by atomic mass is 10.0. The number of aromatic nitrogens is 1. The first-order chi connectivity index (χ1) is 21.4. The Balaban J connectivity index is 1.16. The number of anilines is 1. The van der Waals surface area contributed by atoms with E-state index in [4.69, 9.17) is 4.74 Å². The number of likely N-dealkylation sites (tertiary alicyclic amines) is 1. The number of aryl methyl sites for hydroxylation is 1. The largest absolute Gasteiger partial charge is 0.416 e. The van der Waals surface area contributed by atoms with Gasteiger partial charge in [-0.25, -0.2) is 17.9 Å². The molecule has 3 amide bonds. The Morgan fingerprint density at radius 2 is 1.82 bits per heavy atom. The van der Waals surface area contributed by atoms with E-state index < -0.39 is 33.7 Å². The summed E-state index contributed by atoms with van der Waals surface area (Å²) in [6.07, 6.45) is -2.02. The zero-order chi connectivity index (χ0) is 32.2. The van der Waals surface area contributed by atoms with Crippen molar-refractivity contribution in [3.63, 3.8) is 0 Å². The van der Waals surface area contributed by atoms with Gasteiger partial charge in [0.15, 0.2) is 0 Å². The average Bonchev–Trinajstić information content (AvgIpc) is 3.56. The van der Waals surface area contributed by atoms with Crippen molar-refractivity contribution in [2.24, 2.45) is 0 Å². The first-order valence-electron chi connectivity index (χ1n) is 13.9. The van der Waals surface area contributed by atoms with Gasteiger partial charge in [0, 0.05) is 36.1 Å². The van der Waals surface area contributed by atoms with Gasteiger partial charge in [0.05, 0.1) is 33.7 Å². The maximum Gasteiger partial charge on any atom is 0.416 e. The van der Waals surface area contributed by atoms with Crippen molar-refractivity contribution < 1.29 is 35.9 Å². The number of rotatable bonds is 8. The Bertz CT molecular complexity index is 1770. The van der Waals surface area contributed by atoms with Crippen LogP contribution in [0.15, 0.2) is 83.2 Å². The molecule has 9 nitrogen and oxygen atoms in total. The number of piperidine rings is 1. The van der Waals surface area contributed by atoms with E-state index in [1.165, 1.54) is 23.1 Å². The number of hydrogen-bond donors (Lipinski definition) is 2. The summed E-state index contributed by atoms with van der Waals surface area (Å²) in [5, 5.41) is 4.21. The molecule has 0 aliphatic carbocycles. The summed E-state index contributed by atoms with van der Waals surface area (Å²) in [4.78, 5) is 31.3. The number of nitrogens with one attached hydrogen (secondary N) is 2. The first-order valence-corrected chi connectivity index (χ1v) is 16.3. The number of amides is 3. The van der Waals surface area contributed by atoms with Gasteiger partial charge in [-0.2, -0.15) is 13.2 Å². The normalized spacial score (nSPS) is 14.3. The Kier molecular flexibility index (Phi) is 9.56. The SMILES string of the molecule is Cc1ccc(S(=O)(=O)NC(=O)c2cccs2)c(-c2ccc(COC3CCN(C(=O)Nc4cccc(C(F)(F)F)c4)CC3)nc2)c1. The molecule has 45 heavy (non-hydrogen) atoms. The number of hydrogen-bond acceptors (Lipinski definition) is 7. The zero-order valence-corrected chi connectivity index (χ0v) is 25.6. The van der Waals surface area contributed by atoms with Crippen LogP contribution in [0.3, 0.4) is 0 Å². The van der Waals surface area contributed by atoms with Gasteiger partial charge in [-0.3, -0.25) is 9.78 Å². The van der Waals surface area contributed by atoms with E-state index in [0.29, 0.717) is 42.8 Å². The second-order valence-electron chi connectivity index (χ2n) is 10.5. The smallest absolute Gasteiger partial charge is 0.372 e. The molecule has 1 aliphatic heterocycles. The predicted molar refractivity (Wildman–Crippen MR) is 163 cm³/mol. The van der Waals surface area contributed by atoms with Gasteiger partial charge in [0.1, 0.15) is 0 Å². The molecule has 2 N–H and O–H groups in total. The molecule has 0 spiro atoms. The fourth-order valence-corrected chi connectivity index (χ4v) is 6.67. The highest BCUT2D eigenvalue weighted by Gasteiger charge is 2.31. The van der Waals surface area contributed by atoms with Crippen LogP contribution in [0.25, 0.3) is 11.1 Å². The zero-order valence-electron chi connectivity index (χ0n) is 24.0. The predicted octanol–water partition coefficient (Wildman–Crippen LogP) is 6.47. The number of alkyl halides is 3. The molecule has 5 rings (SSSR count). The molecular formula is C31H29F3N4O5S2. The molecular weight excluding hydrogens is 629 g/mol. The van der Waals surface area contributed by atoms with E-state index in [1.807, 2.05) is 6.92 Å². The lowest BCUT2D eigenvalue weighted by molar-refractivity contribution is -0.137. The van der Waals surface area contributed by atoms with Gasteiger partial charge in [0.2, 0.25) is 0 Å². The number of carbonyl (C=O) groups excluding carboxylic acids is 2. The van der Waals surface area contributed by atoms with Gasteiger partial charge in [0.25, 0.3) is 15.9 Å². The molecule has 0 radical (unpaired) electrons. The number of sulfonamides is 1.